The van der Waals surface area contributed by atoms with Gasteiger partial charge in [-0.15, -0.1) is 4.91 Å². The van der Waals surface area contributed by atoms with E-state index >= 15 is 0 Å². The summed E-state index contributed by atoms with van der Waals surface area (Å²) in [7, 11) is 1.29. The molecule has 0 amide bonds. The molecular formula is C11H17N2O4S-. The second-order valence-corrected chi connectivity index (χ2v) is 6.81. The van der Waals surface area contributed by atoms with Crippen molar-refractivity contribution in [2.45, 2.75) is 39.3 Å². The summed E-state index contributed by atoms with van der Waals surface area (Å²) in [6, 6.07) is 0. The van der Waals surface area contributed by atoms with Crippen LogP contribution in [0.25, 0.3) is 0 Å². The van der Waals surface area contributed by atoms with Crippen LogP contribution in [0.2, 0.25) is 0 Å². The molecule has 2 rings (SSSR count). The molecule has 0 aliphatic heterocycles. The van der Waals surface area contributed by atoms with E-state index in [-0.39, 0.29) is 17.1 Å². The molecule has 2 aliphatic rings. The van der Waals surface area contributed by atoms with Crippen molar-refractivity contribution < 1.29 is 13.6 Å². The molecule has 0 radical (unpaired) electrons. The molecule has 4 atom stereocenters. The monoisotopic (exact) mass is 273 g/mol. The zero-order valence-electron chi connectivity index (χ0n) is 10.7. The third kappa shape index (κ3) is 1.47. The van der Waals surface area contributed by atoms with Crippen molar-refractivity contribution in [3.63, 3.8) is 0 Å². The molecule has 0 aromatic rings. The van der Waals surface area contributed by atoms with Gasteiger partial charge in [-0.05, 0) is 29.4 Å². The summed E-state index contributed by atoms with van der Waals surface area (Å²) in [5.74, 6) is 0.202. The summed E-state index contributed by atoms with van der Waals surface area (Å²) < 4.78 is 23.0. The van der Waals surface area contributed by atoms with Crippen molar-refractivity contribution in [1.82, 2.24) is 4.31 Å². The largest absolute Gasteiger partial charge is 0.760 e. The summed E-state index contributed by atoms with van der Waals surface area (Å²) in [5.41, 5.74) is -1.33. The normalized spacial score (nSPS) is 36.9. The first-order valence-corrected chi connectivity index (χ1v) is 7.00. The van der Waals surface area contributed by atoms with Gasteiger partial charge in [0.1, 0.15) is 5.78 Å². The van der Waals surface area contributed by atoms with Crippen LogP contribution in [0.15, 0.2) is 5.18 Å². The lowest BCUT2D eigenvalue weighted by Gasteiger charge is -2.43. The lowest BCUT2D eigenvalue weighted by molar-refractivity contribution is -0.132. The summed E-state index contributed by atoms with van der Waals surface area (Å²) in [4.78, 5) is 23.4. The quantitative estimate of drug-likeness (QED) is 0.568. The van der Waals surface area contributed by atoms with Crippen molar-refractivity contribution in [2.75, 3.05) is 7.05 Å². The molecule has 2 saturated carbocycles. The third-order valence-corrected chi connectivity index (χ3v) is 5.78. The number of ketones is 1. The lowest BCUT2D eigenvalue weighted by atomic mass is 9.67. The maximum atomic E-state index is 12.3. The van der Waals surface area contributed by atoms with Gasteiger partial charge in [-0.1, -0.05) is 13.8 Å². The maximum Gasteiger partial charge on any atom is 0.167 e. The predicted molar refractivity (Wildman–Crippen MR) is 64.8 cm³/mol. The number of fused-ring (bicyclic) bond motifs is 2. The average Bonchev–Trinajstić information content (AvgIpc) is 2.64. The van der Waals surface area contributed by atoms with Crippen LogP contribution in [0, 0.1) is 21.7 Å². The van der Waals surface area contributed by atoms with Crippen molar-refractivity contribution in [1.29, 1.82) is 0 Å². The van der Waals surface area contributed by atoms with Gasteiger partial charge in [0.2, 0.25) is 0 Å². The maximum absolute atomic E-state index is 12.3. The number of rotatable bonds is 4. The number of carbonyl (C=O) groups is 1. The summed E-state index contributed by atoms with van der Waals surface area (Å²) >= 11 is -2.56. The van der Waals surface area contributed by atoms with Gasteiger partial charge >= 0.3 is 0 Å². The molecule has 18 heavy (non-hydrogen) atoms. The Labute approximate surface area is 109 Å². The number of hydrogen-bond acceptors (Lipinski definition) is 5. The van der Waals surface area contributed by atoms with Gasteiger partial charge in [-0.3, -0.25) is 9.00 Å². The standard InChI is InChI=1S/C11H18N2O4S/c1-10(2)7-4-5-11(10,8(14)6-7)9(12-15)13(3)18(16)17/h7,9H,4-6H2,1-3H3,(H,16,17)/p-1. The zero-order valence-corrected chi connectivity index (χ0v) is 11.5. The van der Waals surface area contributed by atoms with Crippen LogP contribution in [-0.4, -0.2) is 32.1 Å². The molecule has 0 aromatic carbocycles. The molecular weight excluding hydrogens is 256 g/mol. The highest BCUT2D eigenvalue weighted by Crippen LogP contribution is 2.66. The molecule has 6 nitrogen and oxygen atoms in total. The Morgan fingerprint density at radius 2 is 2.17 bits per heavy atom. The first kappa shape index (κ1) is 13.8. The van der Waals surface area contributed by atoms with Crippen LogP contribution in [0.5, 0.6) is 0 Å². The lowest BCUT2D eigenvalue weighted by Crippen LogP contribution is -2.52. The Morgan fingerprint density at radius 1 is 1.56 bits per heavy atom. The van der Waals surface area contributed by atoms with Crippen molar-refractivity contribution in [3.05, 3.63) is 4.91 Å². The van der Waals surface area contributed by atoms with E-state index in [0.29, 0.717) is 12.8 Å². The molecule has 0 aromatic heterocycles. The van der Waals surface area contributed by atoms with E-state index in [1.807, 2.05) is 13.8 Å². The van der Waals surface area contributed by atoms with Crippen molar-refractivity contribution in [2.24, 2.45) is 21.9 Å². The Bertz CT molecular complexity index is 425. The number of carbonyl (C=O) groups excluding carboxylic acids is 1. The Balaban J connectivity index is 2.48. The third-order valence-electron chi connectivity index (χ3n) is 5.11. The average molecular weight is 273 g/mol. The molecule has 0 spiro atoms. The van der Waals surface area contributed by atoms with E-state index < -0.39 is 22.8 Å². The fraction of sp³-hybridized carbons (Fsp3) is 0.909. The van der Waals surface area contributed by atoms with Gasteiger partial charge in [0.05, 0.1) is 5.41 Å². The second kappa shape index (κ2) is 4.18. The van der Waals surface area contributed by atoms with Gasteiger partial charge in [0.25, 0.3) is 0 Å². The van der Waals surface area contributed by atoms with Crippen LogP contribution in [0.3, 0.4) is 0 Å². The minimum atomic E-state index is -2.56. The highest BCUT2D eigenvalue weighted by atomic mass is 32.2. The fourth-order valence-electron chi connectivity index (χ4n) is 3.87. The van der Waals surface area contributed by atoms with Crippen LogP contribution in [-0.2, 0) is 16.1 Å². The Morgan fingerprint density at radius 3 is 2.50 bits per heavy atom. The van der Waals surface area contributed by atoms with Gasteiger partial charge in [0.15, 0.2) is 6.17 Å². The fourth-order valence-corrected chi connectivity index (χ4v) is 4.25. The molecule has 0 N–H and O–H groups in total. The van der Waals surface area contributed by atoms with E-state index in [4.69, 9.17) is 0 Å². The number of nitrogens with zero attached hydrogens (tertiary/aromatic N) is 2. The van der Waals surface area contributed by atoms with Gasteiger partial charge in [0, 0.05) is 24.7 Å². The summed E-state index contributed by atoms with van der Waals surface area (Å²) in [6.45, 7) is 3.88. The van der Waals surface area contributed by atoms with Crippen LogP contribution in [0.4, 0.5) is 0 Å². The minimum absolute atomic E-state index is 0.0225. The molecule has 0 heterocycles. The second-order valence-electron chi connectivity index (χ2n) is 5.80. The van der Waals surface area contributed by atoms with Gasteiger partial charge < -0.3 is 4.55 Å². The topological polar surface area (TPSA) is 89.9 Å². The summed E-state index contributed by atoms with van der Waals surface area (Å²) in [5, 5.41) is 2.97. The number of Topliss-reactive ketones (excluding diaryl/α,β-unsaturated/α-hetero) is 1. The van der Waals surface area contributed by atoms with E-state index in [1.54, 1.807) is 0 Å². The first-order chi connectivity index (χ1) is 8.29. The molecule has 2 fully saturated rings. The number of hydrogen-bond donors (Lipinski definition) is 0. The van der Waals surface area contributed by atoms with E-state index in [0.717, 1.165) is 10.7 Å². The highest BCUT2D eigenvalue weighted by molar-refractivity contribution is 7.76. The molecule has 102 valence electrons. The highest BCUT2D eigenvalue weighted by Gasteiger charge is 2.68. The zero-order chi connectivity index (χ0) is 13.7. The molecule has 7 heteroatoms. The Hall–Kier alpha value is -0.660. The first-order valence-electron chi connectivity index (χ1n) is 5.97. The number of nitroso groups, excluding NO2 is 1. The van der Waals surface area contributed by atoms with Crippen molar-refractivity contribution >= 4 is 17.0 Å². The van der Waals surface area contributed by atoms with Gasteiger partial charge in [-0.25, -0.2) is 4.31 Å². The smallest absolute Gasteiger partial charge is 0.167 e. The van der Waals surface area contributed by atoms with Crippen LogP contribution in [0.1, 0.15) is 33.1 Å². The molecule has 2 aliphatic carbocycles. The van der Waals surface area contributed by atoms with Gasteiger partial charge in [-0.2, -0.15) is 0 Å². The summed E-state index contributed by atoms with van der Waals surface area (Å²) in [6.07, 6.45) is 0.690. The van der Waals surface area contributed by atoms with E-state index in [2.05, 4.69) is 5.18 Å². The minimum Gasteiger partial charge on any atom is -0.760 e. The van der Waals surface area contributed by atoms with E-state index in [9.17, 15) is 18.5 Å². The van der Waals surface area contributed by atoms with E-state index in [1.165, 1.54) is 7.05 Å². The molecule has 4 unspecified atom stereocenters. The molecule has 2 bridgehead atoms. The molecule has 0 saturated heterocycles. The van der Waals surface area contributed by atoms with Crippen molar-refractivity contribution in [3.8, 4) is 0 Å². The predicted octanol–water partition coefficient (Wildman–Crippen LogP) is 1.20. The Kier molecular flexibility index (Phi) is 3.19. The van der Waals surface area contributed by atoms with Crippen LogP contribution < -0.4 is 0 Å². The van der Waals surface area contributed by atoms with Crippen LogP contribution >= 0.6 is 0 Å². The SMILES string of the molecule is CN(C(N=O)C12CCC(CC1=O)C2(C)C)S(=O)[O-].